The zero-order chi connectivity index (χ0) is 9.14. The summed E-state index contributed by atoms with van der Waals surface area (Å²) < 4.78 is 0. The van der Waals surface area contributed by atoms with Gasteiger partial charge < -0.3 is 0 Å². The number of hydrogen-bond acceptors (Lipinski definition) is 2. The number of carbonyl (C=O) groups is 2. The van der Waals surface area contributed by atoms with Crippen molar-refractivity contribution in [3.05, 3.63) is 12.8 Å². The van der Waals surface area contributed by atoms with Gasteiger partial charge in [-0.3, -0.25) is 14.5 Å². The minimum Gasteiger partial charge on any atom is -0.274 e. The Kier molecular flexibility index (Phi) is 2.63. The minimum absolute atomic E-state index is 0.0819. The molecule has 1 aliphatic rings. The first-order chi connectivity index (χ1) is 5.70. The average Bonchev–Trinajstić information content (AvgIpc) is 2.87. The van der Waals surface area contributed by atoms with Gasteiger partial charge in [0.1, 0.15) is 0 Å². The van der Waals surface area contributed by atoms with Gasteiger partial charge in [-0.25, -0.2) is 0 Å². The van der Waals surface area contributed by atoms with Gasteiger partial charge in [-0.1, -0.05) is 13.5 Å². The van der Waals surface area contributed by atoms with Crippen molar-refractivity contribution >= 4 is 11.8 Å². The molecule has 1 fully saturated rings. The molecule has 0 heterocycles. The van der Waals surface area contributed by atoms with Crippen LogP contribution in [0.15, 0.2) is 12.8 Å². The van der Waals surface area contributed by atoms with E-state index < -0.39 is 0 Å². The summed E-state index contributed by atoms with van der Waals surface area (Å²) in [7, 11) is 0. The molecule has 1 rings (SSSR count). The van der Waals surface area contributed by atoms with E-state index in [9.17, 15) is 9.59 Å². The summed E-state index contributed by atoms with van der Waals surface area (Å²) in [5.41, 5.74) is 0. The van der Waals surface area contributed by atoms with Crippen LogP contribution in [0, 0.1) is 5.92 Å². The van der Waals surface area contributed by atoms with Crippen LogP contribution >= 0.6 is 0 Å². The summed E-state index contributed by atoms with van der Waals surface area (Å²) in [6.45, 7) is 5.18. The largest absolute Gasteiger partial charge is 0.274 e. The SMILES string of the molecule is C=CN(C(=O)CC)C(=O)C1CC1. The number of amides is 2. The number of nitrogens with zero attached hydrogens (tertiary/aromatic N) is 1. The van der Waals surface area contributed by atoms with Crippen LogP contribution in [0.25, 0.3) is 0 Å². The van der Waals surface area contributed by atoms with E-state index in [1.807, 2.05) is 0 Å². The summed E-state index contributed by atoms with van der Waals surface area (Å²) in [5.74, 6) is -0.169. The summed E-state index contributed by atoms with van der Waals surface area (Å²) in [4.78, 5) is 23.7. The first kappa shape index (κ1) is 8.97. The lowest BCUT2D eigenvalue weighted by atomic mass is 10.3. The molecule has 3 heteroatoms. The second-order valence-corrected chi connectivity index (χ2v) is 2.91. The normalized spacial score (nSPS) is 15.4. The molecule has 0 aromatic rings. The van der Waals surface area contributed by atoms with Crippen LogP contribution in [0.5, 0.6) is 0 Å². The van der Waals surface area contributed by atoms with Gasteiger partial charge in [0.25, 0.3) is 0 Å². The summed E-state index contributed by atoms with van der Waals surface area (Å²) >= 11 is 0. The quantitative estimate of drug-likeness (QED) is 0.635. The van der Waals surface area contributed by atoms with Gasteiger partial charge in [0.2, 0.25) is 11.8 Å². The van der Waals surface area contributed by atoms with Crippen molar-refractivity contribution in [1.29, 1.82) is 0 Å². The fourth-order valence-electron chi connectivity index (χ4n) is 1.01. The molecule has 3 nitrogen and oxygen atoms in total. The Labute approximate surface area is 72.0 Å². The molecule has 2 amide bonds. The van der Waals surface area contributed by atoms with Gasteiger partial charge in [-0.05, 0) is 12.8 Å². The van der Waals surface area contributed by atoms with Crippen molar-refractivity contribution in [2.24, 2.45) is 5.92 Å². The van der Waals surface area contributed by atoms with Crippen LogP contribution in [0.1, 0.15) is 26.2 Å². The Bertz CT molecular complexity index is 219. The highest BCUT2D eigenvalue weighted by atomic mass is 16.2. The molecule has 1 aliphatic carbocycles. The molecule has 0 aromatic carbocycles. The molecule has 0 bridgehead atoms. The molecule has 0 saturated heterocycles. The van der Waals surface area contributed by atoms with Crippen molar-refractivity contribution in [2.45, 2.75) is 26.2 Å². The predicted molar refractivity (Wildman–Crippen MR) is 45.1 cm³/mol. The van der Waals surface area contributed by atoms with Crippen molar-refractivity contribution < 1.29 is 9.59 Å². The van der Waals surface area contributed by atoms with Gasteiger partial charge in [-0.15, -0.1) is 0 Å². The van der Waals surface area contributed by atoms with E-state index in [0.29, 0.717) is 6.42 Å². The molecule has 66 valence electrons. The van der Waals surface area contributed by atoms with E-state index in [-0.39, 0.29) is 17.7 Å². The van der Waals surface area contributed by atoms with Crippen LogP contribution in [0.2, 0.25) is 0 Å². The molecule has 0 atom stereocenters. The monoisotopic (exact) mass is 167 g/mol. The topological polar surface area (TPSA) is 37.4 Å². The number of imide groups is 1. The van der Waals surface area contributed by atoms with Crippen LogP contribution in [-0.4, -0.2) is 16.7 Å². The first-order valence-corrected chi connectivity index (χ1v) is 4.19. The number of carbonyl (C=O) groups excluding carboxylic acids is 2. The lowest BCUT2D eigenvalue weighted by Gasteiger charge is -2.14. The Balaban J connectivity index is 2.59. The van der Waals surface area contributed by atoms with Crippen molar-refractivity contribution in [1.82, 2.24) is 4.90 Å². The van der Waals surface area contributed by atoms with Gasteiger partial charge in [0, 0.05) is 18.5 Å². The third kappa shape index (κ3) is 1.72. The van der Waals surface area contributed by atoms with Gasteiger partial charge in [-0.2, -0.15) is 0 Å². The molecule has 0 radical (unpaired) electrons. The highest BCUT2D eigenvalue weighted by Crippen LogP contribution is 2.31. The second kappa shape index (κ2) is 3.52. The third-order valence-electron chi connectivity index (χ3n) is 1.92. The summed E-state index contributed by atoms with van der Waals surface area (Å²) in [6.07, 6.45) is 3.50. The maximum Gasteiger partial charge on any atom is 0.236 e. The molecular weight excluding hydrogens is 154 g/mol. The standard InChI is InChI=1S/C9H13NO2/c1-3-8(11)10(4-2)9(12)7-5-6-7/h4,7H,2-3,5-6H2,1H3. The van der Waals surface area contributed by atoms with E-state index in [1.54, 1.807) is 6.92 Å². The Morgan fingerprint density at radius 3 is 2.50 bits per heavy atom. The lowest BCUT2D eigenvalue weighted by molar-refractivity contribution is -0.142. The first-order valence-electron chi connectivity index (χ1n) is 4.19. The highest BCUT2D eigenvalue weighted by molar-refractivity contribution is 5.98. The zero-order valence-electron chi connectivity index (χ0n) is 7.25. The Morgan fingerprint density at radius 2 is 2.17 bits per heavy atom. The zero-order valence-corrected chi connectivity index (χ0v) is 7.25. The highest BCUT2D eigenvalue weighted by Gasteiger charge is 2.34. The molecule has 1 saturated carbocycles. The van der Waals surface area contributed by atoms with E-state index in [1.165, 1.54) is 6.20 Å². The molecule has 0 spiro atoms. The Hall–Kier alpha value is -1.12. The molecular formula is C9H13NO2. The summed E-state index contributed by atoms with van der Waals surface area (Å²) in [6, 6.07) is 0. The molecule has 0 unspecified atom stereocenters. The molecule has 0 aliphatic heterocycles. The Morgan fingerprint density at radius 1 is 1.58 bits per heavy atom. The predicted octanol–water partition coefficient (Wildman–Crippen LogP) is 1.31. The summed E-state index contributed by atoms with van der Waals surface area (Å²) in [5, 5.41) is 0. The maximum atomic E-state index is 11.4. The maximum absolute atomic E-state index is 11.4. The van der Waals surface area contributed by atoms with E-state index in [0.717, 1.165) is 17.7 Å². The van der Waals surface area contributed by atoms with Crippen LogP contribution < -0.4 is 0 Å². The van der Waals surface area contributed by atoms with Crippen LogP contribution in [0.4, 0.5) is 0 Å². The van der Waals surface area contributed by atoms with Gasteiger partial charge >= 0.3 is 0 Å². The van der Waals surface area contributed by atoms with Gasteiger partial charge in [0.15, 0.2) is 0 Å². The van der Waals surface area contributed by atoms with Crippen LogP contribution in [-0.2, 0) is 9.59 Å². The van der Waals surface area contributed by atoms with Crippen molar-refractivity contribution in [3.8, 4) is 0 Å². The average molecular weight is 167 g/mol. The van der Waals surface area contributed by atoms with Crippen molar-refractivity contribution in [2.75, 3.05) is 0 Å². The van der Waals surface area contributed by atoms with E-state index in [2.05, 4.69) is 6.58 Å². The van der Waals surface area contributed by atoms with E-state index >= 15 is 0 Å². The fraction of sp³-hybridized carbons (Fsp3) is 0.556. The minimum atomic E-state index is -0.165. The molecule has 0 aromatic heterocycles. The van der Waals surface area contributed by atoms with Crippen molar-refractivity contribution in [3.63, 3.8) is 0 Å². The number of rotatable bonds is 3. The number of hydrogen-bond donors (Lipinski definition) is 0. The van der Waals surface area contributed by atoms with Crippen LogP contribution in [0.3, 0.4) is 0 Å². The second-order valence-electron chi connectivity index (χ2n) is 2.91. The third-order valence-corrected chi connectivity index (χ3v) is 1.92. The van der Waals surface area contributed by atoms with Gasteiger partial charge in [0.05, 0.1) is 0 Å². The fourth-order valence-corrected chi connectivity index (χ4v) is 1.01. The molecule has 0 N–H and O–H groups in total. The van der Waals surface area contributed by atoms with E-state index in [4.69, 9.17) is 0 Å². The lowest BCUT2D eigenvalue weighted by Crippen LogP contribution is -2.32. The molecule has 12 heavy (non-hydrogen) atoms. The smallest absolute Gasteiger partial charge is 0.236 e.